The van der Waals surface area contributed by atoms with E-state index in [0.29, 0.717) is 0 Å². The highest BCUT2D eigenvalue weighted by molar-refractivity contribution is 5.78. The molecule has 0 unspecified atom stereocenters. The van der Waals surface area contributed by atoms with E-state index in [9.17, 15) is 4.79 Å². The van der Waals surface area contributed by atoms with E-state index in [2.05, 4.69) is 0 Å². The summed E-state index contributed by atoms with van der Waals surface area (Å²) in [5, 5.41) is 8.53. The van der Waals surface area contributed by atoms with Crippen LogP contribution in [0, 0.1) is 5.92 Å². The van der Waals surface area contributed by atoms with Crippen LogP contribution in [-0.4, -0.2) is 16.6 Å². The van der Waals surface area contributed by atoms with Gasteiger partial charge >= 0.3 is 5.97 Å². The molecule has 0 heterocycles. The van der Waals surface area contributed by atoms with Crippen LogP contribution in [0.2, 0.25) is 0 Å². The van der Waals surface area contributed by atoms with Gasteiger partial charge in [-0.3, -0.25) is 4.79 Å². The summed E-state index contributed by atoms with van der Waals surface area (Å²) >= 11 is 0. The van der Waals surface area contributed by atoms with E-state index in [1.807, 2.05) is 0 Å². The van der Waals surface area contributed by atoms with Gasteiger partial charge in [-0.1, -0.05) is 0 Å². The Balaban J connectivity index is 2.59. The van der Waals surface area contributed by atoms with Crippen LogP contribution in [0.25, 0.3) is 0 Å². The van der Waals surface area contributed by atoms with E-state index in [1.54, 1.807) is 6.92 Å². The highest BCUT2D eigenvalue weighted by atomic mass is 16.4. The van der Waals surface area contributed by atoms with Crippen molar-refractivity contribution in [3.05, 3.63) is 0 Å². The van der Waals surface area contributed by atoms with Gasteiger partial charge in [0, 0.05) is 0 Å². The van der Waals surface area contributed by atoms with E-state index in [0.717, 1.165) is 12.8 Å². The molecule has 0 aliphatic heterocycles. The monoisotopic (exact) mass is 129 g/mol. The zero-order valence-corrected chi connectivity index (χ0v) is 5.42. The third-order valence-electron chi connectivity index (χ3n) is 1.89. The fourth-order valence-electron chi connectivity index (χ4n) is 0.858. The van der Waals surface area contributed by atoms with E-state index in [-0.39, 0.29) is 5.92 Å². The van der Waals surface area contributed by atoms with Crippen molar-refractivity contribution in [1.82, 2.24) is 0 Å². The Labute approximate surface area is 53.9 Å². The SMILES string of the molecule is C[C@@](N)(C(=O)O)C1CC1. The first-order valence-electron chi connectivity index (χ1n) is 3.07. The normalized spacial score (nSPS) is 25.1. The Morgan fingerprint density at radius 2 is 2.22 bits per heavy atom. The summed E-state index contributed by atoms with van der Waals surface area (Å²) < 4.78 is 0. The number of carboxylic acids is 1. The second-order valence-electron chi connectivity index (χ2n) is 2.86. The van der Waals surface area contributed by atoms with E-state index in [4.69, 9.17) is 10.8 Å². The van der Waals surface area contributed by atoms with Crippen LogP contribution >= 0.6 is 0 Å². The zero-order valence-electron chi connectivity index (χ0n) is 5.42. The summed E-state index contributed by atoms with van der Waals surface area (Å²) in [6, 6.07) is 0. The molecule has 0 radical (unpaired) electrons. The first-order valence-corrected chi connectivity index (χ1v) is 3.07. The molecule has 3 nitrogen and oxygen atoms in total. The first-order chi connectivity index (χ1) is 4.05. The smallest absolute Gasteiger partial charge is 0.323 e. The first kappa shape index (κ1) is 6.55. The molecule has 1 aliphatic carbocycles. The number of nitrogens with two attached hydrogens (primary N) is 1. The number of hydrogen-bond donors (Lipinski definition) is 2. The Hall–Kier alpha value is -0.570. The molecule has 3 N–H and O–H groups in total. The summed E-state index contributed by atoms with van der Waals surface area (Å²) in [4.78, 5) is 10.4. The van der Waals surface area contributed by atoms with Crippen LogP contribution in [0.3, 0.4) is 0 Å². The molecular weight excluding hydrogens is 118 g/mol. The van der Waals surface area contributed by atoms with Crippen molar-refractivity contribution < 1.29 is 9.90 Å². The minimum absolute atomic E-state index is 0.218. The van der Waals surface area contributed by atoms with Crippen LogP contribution in [-0.2, 0) is 4.79 Å². The summed E-state index contributed by atoms with van der Waals surface area (Å²) in [5.74, 6) is -0.667. The maximum absolute atomic E-state index is 10.4. The van der Waals surface area contributed by atoms with E-state index >= 15 is 0 Å². The second kappa shape index (κ2) is 1.70. The molecule has 0 bridgehead atoms. The van der Waals surface area contributed by atoms with E-state index in [1.165, 1.54) is 0 Å². The van der Waals surface area contributed by atoms with Gasteiger partial charge in [-0.05, 0) is 25.7 Å². The fraction of sp³-hybridized carbons (Fsp3) is 0.833. The van der Waals surface area contributed by atoms with Gasteiger partial charge in [-0.15, -0.1) is 0 Å². The molecule has 9 heavy (non-hydrogen) atoms. The molecule has 1 fully saturated rings. The minimum Gasteiger partial charge on any atom is -0.480 e. The minimum atomic E-state index is -0.972. The van der Waals surface area contributed by atoms with Crippen molar-refractivity contribution in [1.29, 1.82) is 0 Å². The number of carbonyl (C=O) groups is 1. The highest BCUT2D eigenvalue weighted by Gasteiger charge is 2.44. The van der Waals surface area contributed by atoms with Crippen LogP contribution in [0.1, 0.15) is 19.8 Å². The van der Waals surface area contributed by atoms with Crippen LogP contribution < -0.4 is 5.73 Å². The summed E-state index contributed by atoms with van der Waals surface area (Å²) in [6.45, 7) is 1.58. The third-order valence-corrected chi connectivity index (χ3v) is 1.89. The lowest BCUT2D eigenvalue weighted by Gasteiger charge is -2.17. The lowest BCUT2D eigenvalue weighted by Crippen LogP contribution is -2.46. The van der Waals surface area contributed by atoms with Crippen molar-refractivity contribution in [3.63, 3.8) is 0 Å². The van der Waals surface area contributed by atoms with Crippen molar-refractivity contribution >= 4 is 5.97 Å². The Morgan fingerprint density at radius 1 is 1.78 bits per heavy atom. The summed E-state index contributed by atoms with van der Waals surface area (Å²) in [5.41, 5.74) is 4.49. The van der Waals surface area contributed by atoms with Crippen molar-refractivity contribution in [2.24, 2.45) is 11.7 Å². The van der Waals surface area contributed by atoms with Gasteiger partial charge in [-0.2, -0.15) is 0 Å². The lowest BCUT2D eigenvalue weighted by atomic mass is 9.98. The Morgan fingerprint density at radius 3 is 2.33 bits per heavy atom. The zero-order chi connectivity index (χ0) is 7.07. The molecule has 0 spiro atoms. The maximum Gasteiger partial charge on any atom is 0.323 e. The topological polar surface area (TPSA) is 63.3 Å². The van der Waals surface area contributed by atoms with Gasteiger partial charge in [0.2, 0.25) is 0 Å². The van der Waals surface area contributed by atoms with Gasteiger partial charge in [-0.25, -0.2) is 0 Å². The second-order valence-corrected chi connectivity index (χ2v) is 2.86. The number of hydrogen-bond acceptors (Lipinski definition) is 2. The highest BCUT2D eigenvalue weighted by Crippen LogP contribution is 2.37. The average molecular weight is 129 g/mol. The molecule has 1 saturated carbocycles. The molecule has 0 aromatic carbocycles. The lowest BCUT2D eigenvalue weighted by molar-refractivity contribution is -0.143. The number of rotatable bonds is 2. The maximum atomic E-state index is 10.4. The molecule has 1 aliphatic rings. The van der Waals surface area contributed by atoms with Gasteiger partial charge in [0.1, 0.15) is 5.54 Å². The van der Waals surface area contributed by atoms with Gasteiger partial charge in [0.15, 0.2) is 0 Å². The van der Waals surface area contributed by atoms with E-state index < -0.39 is 11.5 Å². The van der Waals surface area contributed by atoms with Crippen molar-refractivity contribution in [2.75, 3.05) is 0 Å². The molecule has 52 valence electrons. The standard InChI is InChI=1S/C6H11NO2/c1-6(7,5(8)9)4-2-3-4/h4H,2-3,7H2,1H3,(H,8,9)/t6-/m0/s1. The molecule has 0 amide bonds. The van der Waals surface area contributed by atoms with Crippen molar-refractivity contribution in [2.45, 2.75) is 25.3 Å². The summed E-state index contributed by atoms with van der Waals surface area (Å²) in [6.07, 6.45) is 1.94. The third kappa shape index (κ3) is 1.05. The van der Waals surface area contributed by atoms with Gasteiger partial charge in [0.25, 0.3) is 0 Å². The molecule has 3 heteroatoms. The Kier molecular flexibility index (Phi) is 1.24. The summed E-state index contributed by atoms with van der Waals surface area (Å²) in [7, 11) is 0. The predicted molar refractivity (Wildman–Crippen MR) is 33.0 cm³/mol. The molecule has 0 saturated heterocycles. The molecule has 1 atom stereocenters. The molecular formula is C6H11NO2. The predicted octanol–water partition coefficient (Wildman–Crippen LogP) is 0.198. The largest absolute Gasteiger partial charge is 0.480 e. The molecule has 0 aromatic rings. The van der Waals surface area contributed by atoms with Crippen LogP contribution in [0.4, 0.5) is 0 Å². The average Bonchev–Trinajstić information content (AvgIpc) is 2.42. The van der Waals surface area contributed by atoms with Crippen LogP contribution in [0.5, 0.6) is 0 Å². The molecule has 0 aromatic heterocycles. The van der Waals surface area contributed by atoms with Crippen molar-refractivity contribution in [3.8, 4) is 0 Å². The number of aliphatic carboxylic acids is 1. The molecule has 1 rings (SSSR count). The van der Waals surface area contributed by atoms with Crippen LogP contribution in [0.15, 0.2) is 0 Å². The quantitative estimate of drug-likeness (QED) is 0.559. The van der Waals surface area contributed by atoms with Gasteiger partial charge in [0.05, 0.1) is 0 Å². The van der Waals surface area contributed by atoms with Gasteiger partial charge < -0.3 is 10.8 Å². The number of carboxylic acid groups (broad SMARTS) is 1. The fourth-order valence-corrected chi connectivity index (χ4v) is 0.858. The Bertz CT molecular complexity index is 138.